The number of carbonyl (C=O) groups excluding carboxylic acids is 1. The second-order valence-corrected chi connectivity index (χ2v) is 3.41. The van der Waals surface area contributed by atoms with Crippen LogP contribution >= 0.6 is 0 Å². The third-order valence-corrected chi connectivity index (χ3v) is 2.12. The molecule has 1 atom stereocenters. The van der Waals surface area contributed by atoms with Gasteiger partial charge in [0.2, 0.25) is 5.91 Å². The van der Waals surface area contributed by atoms with Crippen molar-refractivity contribution in [1.82, 2.24) is 5.32 Å². The Hall–Kier alpha value is -1.95. The molecule has 17 heavy (non-hydrogen) atoms. The lowest BCUT2D eigenvalue weighted by molar-refractivity contribution is -0.142. The number of carboxylic acids is 1. The lowest BCUT2D eigenvalue weighted by Gasteiger charge is -2.11. The Labute approximate surface area is 96.9 Å². The van der Waals surface area contributed by atoms with Gasteiger partial charge < -0.3 is 15.5 Å². The zero-order chi connectivity index (χ0) is 12.8. The van der Waals surface area contributed by atoms with Crippen LogP contribution < -0.4 is 5.32 Å². The van der Waals surface area contributed by atoms with Gasteiger partial charge in [-0.15, -0.1) is 0 Å². The molecule has 0 saturated carbocycles. The molecular formula is C11H12FNO4. The average Bonchev–Trinajstić information content (AvgIpc) is 2.28. The monoisotopic (exact) mass is 241 g/mol. The van der Waals surface area contributed by atoms with E-state index in [-0.39, 0.29) is 12.0 Å². The second-order valence-electron chi connectivity index (χ2n) is 3.41. The highest BCUT2D eigenvalue weighted by Gasteiger charge is 2.19. The summed E-state index contributed by atoms with van der Waals surface area (Å²) in [6, 6.07) is 4.35. The molecule has 0 aliphatic heterocycles. The van der Waals surface area contributed by atoms with Crippen molar-refractivity contribution in [1.29, 1.82) is 0 Å². The first-order valence-electron chi connectivity index (χ1n) is 4.91. The van der Waals surface area contributed by atoms with Crippen LogP contribution in [0.4, 0.5) is 4.39 Å². The van der Waals surface area contributed by atoms with Gasteiger partial charge in [0.15, 0.2) is 0 Å². The van der Waals surface area contributed by atoms with Gasteiger partial charge in [-0.1, -0.05) is 18.2 Å². The van der Waals surface area contributed by atoms with Crippen molar-refractivity contribution < 1.29 is 24.2 Å². The molecule has 1 rings (SSSR count). The molecule has 1 aromatic carbocycles. The molecule has 0 aliphatic carbocycles. The maximum atomic E-state index is 13.2. The van der Waals surface area contributed by atoms with Crippen LogP contribution in [0.25, 0.3) is 0 Å². The fraction of sp³-hybridized carbons (Fsp3) is 0.273. The van der Waals surface area contributed by atoms with Gasteiger partial charge in [0.1, 0.15) is 11.9 Å². The first kappa shape index (κ1) is 13.1. The number of benzene rings is 1. The van der Waals surface area contributed by atoms with Crippen LogP contribution in [-0.2, 0) is 16.0 Å². The number of aliphatic hydroxyl groups excluding tert-OH is 1. The maximum Gasteiger partial charge on any atom is 0.328 e. The minimum atomic E-state index is -1.37. The topological polar surface area (TPSA) is 86.6 Å². The minimum Gasteiger partial charge on any atom is -0.480 e. The number of hydrogen-bond acceptors (Lipinski definition) is 3. The van der Waals surface area contributed by atoms with Crippen LogP contribution in [0.15, 0.2) is 24.3 Å². The molecule has 0 aromatic heterocycles. The molecule has 0 radical (unpaired) electrons. The van der Waals surface area contributed by atoms with Crippen LogP contribution in [-0.4, -0.2) is 34.7 Å². The molecule has 0 spiro atoms. The summed E-state index contributed by atoms with van der Waals surface area (Å²) in [6.45, 7) is -0.710. The Bertz CT molecular complexity index is 422. The molecule has 1 aromatic rings. The number of rotatable bonds is 5. The highest BCUT2D eigenvalue weighted by atomic mass is 19.1. The van der Waals surface area contributed by atoms with E-state index in [2.05, 4.69) is 5.32 Å². The zero-order valence-electron chi connectivity index (χ0n) is 8.89. The van der Waals surface area contributed by atoms with Crippen LogP contribution in [0.2, 0.25) is 0 Å². The number of halogens is 1. The Kier molecular flexibility index (Phi) is 4.59. The standard InChI is InChI=1S/C11H12FNO4/c12-8-4-2-1-3-7(8)5-10(15)13-9(6-14)11(16)17/h1-4,9,14H,5-6H2,(H,13,15)(H,16,17)/t9-/m0/s1. The smallest absolute Gasteiger partial charge is 0.328 e. The van der Waals surface area contributed by atoms with Crippen molar-refractivity contribution in [2.24, 2.45) is 0 Å². The van der Waals surface area contributed by atoms with Crippen molar-refractivity contribution >= 4 is 11.9 Å². The first-order chi connectivity index (χ1) is 8.04. The van der Waals surface area contributed by atoms with Crippen LogP contribution in [0.3, 0.4) is 0 Å². The lowest BCUT2D eigenvalue weighted by atomic mass is 10.1. The lowest BCUT2D eigenvalue weighted by Crippen LogP contribution is -2.44. The predicted molar refractivity (Wildman–Crippen MR) is 56.8 cm³/mol. The Morgan fingerprint density at radius 3 is 2.53 bits per heavy atom. The van der Waals surface area contributed by atoms with E-state index in [0.29, 0.717) is 0 Å². The van der Waals surface area contributed by atoms with E-state index >= 15 is 0 Å². The van der Waals surface area contributed by atoms with Gasteiger partial charge in [0.25, 0.3) is 0 Å². The third-order valence-electron chi connectivity index (χ3n) is 2.12. The summed E-state index contributed by atoms with van der Waals surface area (Å²) in [5.74, 6) is -2.52. The minimum absolute atomic E-state index is 0.173. The van der Waals surface area contributed by atoms with Gasteiger partial charge in [0.05, 0.1) is 13.0 Å². The maximum absolute atomic E-state index is 13.2. The second kappa shape index (κ2) is 5.95. The Balaban J connectivity index is 2.61. The van der Waals surface area contributed by atoms with Crippen LogP contribution in [0.5, 0.6) is 0 Å². The zero-order valence-corrected chi connectivity index (χ0v) is 8.89. The molecule has 6 heteroatoms. The van der Waals surface area contributed by atoms with E-state index in [4.69, 9.17) is 10.2 Å². The quantitative estimate of drug-likeness (QED) is 0.673. The molecule has 1 amide bonds. The van der Waals surface area contributed by atoms with E-state index in [1.807, 2.05) is 0 Å². The van der Waals surface area contributed by atoms with E-state index in [1.54, 1.807) is 6.07 Å². The average molecular weight is 241 g/mol. The van der Waals surface area contributed by atoms with Crippen molar-refractivity contribution in [2.75, 3.05) is 6.61 Å². The van der Waals surface area contributed by atoms with Crippen molar-refractivity contribution in [3.05, 3.63) is 35.6 Å². The SMILES string of the molecule is O=C(Cc1ccccc1F)N[C@@H](CO)C(=O)O. The summed E-state index contributed by atoms with van der Waals surface area (Å²) in [6.07, 6.45) is -0.267. The number of carboxylic acid groups (broad SMARTS) is 1. The first-order valence-corrected chi connectivity index (χ1v) is 4.91. The molecular weight excluding hydrogens is 229 g/mol. The summed E-state index contributed by atoms with van der Waals surface area (Å²) in [5.41, 5.74) is 0.173. The fourth-order valence-electron chi connectivity index (χ4n) is 1.25. The fourth-order valence-corrected chi connectivity index (χ4v) is 1.25. The van der Waals surface area contributed by atoms with Gasteiger partial charge in [-0.05, 0) is 11.6 Å². The summed E-state index contributed by atoms with van der Waals surface area (Å²) >= 11 is 0. The van der Waals surface area contributed by atoms with Gasteiger partial charge >= 0.3 is 5.97 Å². The molecule has 0 heterocycles. The number of aliphatic hydroxyl groups is 1. The number of hydrogen-bond donors (Lipinski definition) is 3. The molecule has 0 aliphatic rings. The van der Waals surface area contributed by atoms with Gasteiger partial charge in [-0.3, -0.25) is 4.79 Å². The van der Waals surface area contributed by atoms with E-state index in [9.17, 15) is 14.0 Å². The highest BCUT2D eigenvalue weighted by molar-refractivity contribution is 5.84. The number of aliphatic carboxylic acids is 1. The van der Waals surface area contributed by atoms with Crippen molar-refractivity contribution in [3.8, 4) is 0 Å². The van der Waals surface area contributed by atoms with Crippen molar-refractivity contribution in [3.63, 3.8) is 0 Å². The number of carbonyl (C=O) groups is 2. The number of amides is 1. The normalized spacial score (nSPS) is 11.9. The molecule has 3 N–H and O–H groups in total. The summed E-state index contributed by atoms with van der Waals surface area (Å²) in [7, 11) is 0. The Morgan fingerprint density at radius 2 is 2.00 bits per heavy atom. The van der Waals surface area contributed by atoms with Crippen LogP contribution in [0.1, 0.15) is 5.56 Å². The van der Waals surface area contributed by atoms with Crippen LogP contribution in [0, 0.1) is 5.82 Å². The molecule has 0 bridgehead atoms. The molecule has 92 valence electrons. The molecule has 0 saturated heterocycles. The van der Waals surface area contributed by atoms with E-state index < -0.39 is 30.3 Å². The number of nitrogens with one attached hydrogen (secondary N) is 1. The summed E-state index contributed by atoms with van der Waals surface area (Å²) < 4.78 is 13.2. The van der Waals surface area contributed by atoms with Gasteiger partial charge in [-0.2, -0.15) is 0 Å². The molecule has 0 fully saturated rings. The van der Waals surface area contributed by atoms with Gasteiger partial charge in [0, 0.05) is 0 Å². The summed E-state index contributed by atoms with van der Waals surface area (Å²) in [4.78, 5) is 21.9. The van der Waals surface area contributed by atoms with Gasteiger partial charge in [-0.25, -0.2) is 9.18 Å². The largest absolute Gasteiger partial charge is 0.480 e. The third kappa shape index (κ3) is 3.84. The van der Waals surface area contributed by atoms with E-state index in [0.717, 1.165) is 0 Å². The summed E-state index contributed by atoms with van der Waals surface area (Å²) in [5, 5.41) is 19.4. The molecule has 5 nitrogen and oxygen atoms in total. The molecule has 0 unspecified atom stereocenters. The highest BCUT2D eigenvalue weighted by Crippen LogP contribution is 2.06. The predicted octanol–water partition coefficient (Wildman–Crippen LogP) is -0.0701. The van der Waals surface area contributed by atoms with Crippen molar-refractivity contribution in [2.45, 2.75) is 12.5 Å². The van der Waals surface area contributed by atoms with E-state index in [1.165, 1.54) is 18.2 Å². The Morgan fingerprint density at radius 1 is 1.35 bits per heavy atom.